The molecule has 9 heteroatoms. The van der Waals surface area contributed by atoms with Crippen LogP contribution in [0.15, 0.2) is 12.1 Å². The number of nitrogens with zero attached hydrogens (tertiary/aromatic N) is 2. The first-order valence-corrected chi connectivity index (χ1v) is 7.33. The van der Waals surface area contributed by atoms with Crippen LogP contribution in [-0.4, -0.2) is 67.7 Å². The zero-order chi connectivity index (χ0) is 18.4. The Morgan fingerprint density at radius 2 is 1.50 bits per heavy atom. The largest absolute Gasteiger partial charge is 0.506 e. The van der Waals surface area contributed by atoms with Crippen LogP contribution in [0.1, 0.15) is 38.0 Å². The van der Waals surface area contributed by atoms with E-state index in [-0.39, 0.29) is 16.7 Å². The highest BCUT2D eigenvalue weighted by molar-refractivity contribution is 6.07. The van der Waals surface area contributed by atoms with E-state index in [4.69, 9.17) is 0 Å². The molecule has 0 spiro atoms. The van der Waals surface area contributed by atoms with Crippen LogP contribution in [0.3, 0.4) is 0 Å². The Labute approximate surface area is 140 Å². The predicted octanol–water partition coefficient (Wildman–Crippen LogP) is -0.445. The average molecular weight is 337 g/mol. The molecular formula is C15H23N5O4. The molecular weight excluding hydrogens is 314 g/mol. The number of phenols is 1. The summed E-state index contributed by atoms with van der Waals surface area (Å²) in [5, 5.41) is 18.2. The van der Waals surface area contributed by atoms with Crippen LogP contribution in [-0.2, 0) is 0 Å². The lowest BCUT2D eigenvalue weighted by molar-refractivity contribution is -0.0128. The first-order valence-electron chi connectivity index (χ1n) is 7.33. The number of phenolic OH excluding ortho intramolecular Hbond substituents is 1. The standard InChI is InChI=1S/C15H23N5O4/c1-6-19(4)20(5)18-15(24)11-8-9(13(22)16-2)7-10(12(11)21)14(23)17-3/h7-8,21H,6H2,1-5H3,(H,16,22)(H,17,23)(H,18,24). The Bertz CT molecular complexity index is 647. The maximum absolute atomic E-state index is 12.4. The minimum atomic E-state index is -0.647. The van der Waals surface area contributed by atoms with Gasteiger partial charge in [-0.2, -0.15) is 5.12 Å². The van der Waals surface area contributed by atoms with Crippen molar-refractivity contribution in [1.29, 1.82) is 0 Å². The Kier molecular flexibility index (Phi) is 6.69. The molecule has 0 saturated heterocycles. The van der Waals surface area contributed by atoms with Gasteiger partial charge in [0, 0.05) is 40.3 Å². The quantitative estimate of drug-likeness (QED) is 0.523. The Morgan fingerprint density at radius 3 is 1.96 bits per heavy atom. The van der Waals surface area contributed by atoms with Gasteiger partial charge in [0.1, 0.15) is 5.75 Å². The fraction of sp³-hybridized carbons (Fsp3) is 0.400. The van der Waals surface area contributed by atoms with Crippen molar-refractivity contribution >= 4 is 17.7 Å². The van der Waals surface area contributed by atoms with Crippen molar-refractivity contribution in [3.05, 3.63) is 28.8 Å². The number of nitrogens with one attached hydrogen (secondary N) is 3. The fourth-order valence-electron chi connectivity index (χ4n) is 1.90. The second-order valence-corrected chi connectivity index (χ2v) is 5.02. The van der Waals surface area contributed by atoms with Gasteiger partial charge in [0.25, 0.3) is 17.7 Å². The van der Waals surface area contributed by atoms with Gasteiger partial charge < -0.3 is 15.7 Å². The lowest BCUT2D eigenvalue weighted by atomic mass is 10.0. The third-order valence-corrected chi connectivity index (χ3v) is 3.55. The highest BCUT2D eigenvalue weighted by Crippen LogP contribution is 2.25. The molecule has 0 aromatic heterocycles. The van der Waals surface area contributed by atoms with Gasteiger partial charge in [-0.25, -0.2) is 5.01 Å². The smallest absolute Gasteiger partial charge is 0.270 e. The lowest BCUT2D eigenvalue weighted by Gasteiger charge is -2.27. The van der Waals surface area contributed by atoms with Crippen molar-refractivity contribution < 1.29 is 19.5 Å². The average Bonchev–Trinajstić information content (AvgIpc) is 2.59. The van der Waals surface area contributed by atoms with Crippen LogP contribution in [0.5, 0.6) is 5.75 Å². The van der Waals surface area contributed by atoms with Crippen LogP contribution >= 0.6 is 0 Å². The molecule has 1 aromatic rings. The molecule has 0 heterocycles. The molecule has 0 atom stereocenters. The van der Waals surface area contributed by atoms with E-state index in [1.54, 1.807) is 19.1 Å². The maximum Gasteiger partial charge on any atom is 0.270 e. The molecule has 0 aliphatic carbocycles. The summed E-state index contributed by atoms with van der Waals surface area (Å²) in [7, 11) is 6.20. The van der Waals surface area contributed by atoms with E-state index in [1.165, 1.54) is 31.3 Å². The third-order valence-electron chi connectivity index (χ3n) is 3.55. The van der Waals surface area contributed by atoms with Crippen LogP contribution in [0.4, 0.5) is 0 Å². The minimum absolute atomic E-state index is 0.0885. The second kappa shape index (κ2) is 8.27. The van der Waals surface area contributed by atoms with Gasteiger partial charge in [0.05, 0.1) is 11.1 Å². The summed E-state index contributed by atoms with van der Waals surface area (Å²) in [4.78, 5) is 36.2. The Hall–Kier alpha value is -2.65. The molecule has 0 aliphatic heterocycles. The summed E-state index contributed by atoms with van der Waals surface area (Å²) in [5.74, 6) is -2.22. The zero-order valence-electron chi connectivity index (χ0n) is 14.4. The van der Waals surface area contributed by atoms with Gasteiger partial charge in [-0.05, 0) is 12.1 Å². The summed E-state index contributed by atoms with van der Waals surface area (Å²) in [6.07, 6.45) is 0. The first-order chi connectivity index (χ1) is 11.3. The molecule has 1 rings (SSSR count). The van der Waals surface area contributed by atoms with Crippen LogP contribution in [0.2, 0.25) is 0 Å². The van der Waals surface area contributed by atoms with E-state index in [2.05, 4.69) is 16.1 Å². The molecule has 0 fully saturated rings. The Balaban J connectivity index is 3.32. The number of hydrogen-bond donors (Lipinski definition) is 4. The van der Waals surface area contributed by atoms with E-state index >= 15 is 0 Å². The number of carbonyl (C=O) groups is 3. The summed E-state index contributed by atoms with van der Waals surface area (Å²) >= 11 is 0. The van der Waals surface area contributed by atoms with Crippen LogP contribution < -0.4 is 16.1 Å². The van der Waals surface area contributed by atoms with E-state index in [9.17, 15) is 19.5 Å². The number of amides is 3. The predicted molar refractivity (Wildman–Crippen MR) is 88.4 cm³/mol. The summed E-state index contributed by atoms with van der Waals surface area (Å²) < 4.78 is 0. The molecule has 0 unspecified atom stereocenters. The number of carbonyl (C=O) groups excluding carboxylic acids is 3. The Morgan fingerprint density at radius 1 is 1.00 bits per heavy atom. The van der Waals surface area contributed by atoms with Gasteiger partial charge in [0.15, 0.2) is 0 Å². The SMILES string of the molecule is CCN(C)N(C)NC(=O)c1cc(C(=O)NC)cc(C(=O)NC)c1O. The van der Waals surface area contributed by atoms with E-state index in [0.29, 0.717) is 6.54 Å². The van der Waals surface area contributed by atoms with Gasteiger partial charge >= 0.3 is 0 Å². The maximum atomic E-state index is 12.4. The van der Waals surface area contributed by atoms with E-state index in [1.807, 2.05) is 6.92 Å². The molecule has 0 saturated carbocycles. The summed E-state index contributed by atoms with van der Waals surface area (Å²) in [6, 6.07) is 2.46. The minimum Gasteiger partial charge on any atom is -0.506 e. The van der Waals surface area contributed by atoms with Crippen molar-refractivity contribution in [2.24, 2.45) is 0 Å². The van der Waals surface area contributed by atoms with E-state index < -0.39 is 23.5 Å². The lowest BCUT2D eigenvalue weighted by Crippen LogP contribution is -2.48. The first kappa shape index (κ1) is 19.4. The topological polar surface area (TPSA) is 114 Å². The van der Waals surface area contributed by atoms with Gasteiger partial charge in [0.2, 0.25) is 0 Å². The van der Waals surface area contributed by atoms with Crippen molar-refractivity contribution in [2.75, 3.05) is 34.7 Å². The molecule has 0 radical (unpaired) electrons. The number of aromatic hydroxyl groups is 1. The fourth-order valence-corrected chi connectivity index (χ4v) is 1.90. The molecule has 4 N–H and O–H groups in total. The summed E-state index contributed by atoms with van der Waals surface area (Å²) in [5.41, 5.74) is 2.31. The molecule has 3 amide bonds. The van der Waals surface area contributed by atoms with Crippen LogP contribution in [0, 0.1) is 0 Å². The van der Waals surface area contributed by atoms with Crippen molar-refractivity contribution in [2.45, 2.75) is 6.92 Å². The van der Waals surface area contributed by atoms with Crippen molar-refractivity contribution in [3.8, 4) is 5.75 Å². The van der Waals surface area contributed by atoms with Crippen molar-refractivity contribution in [3.63, 3.8) is 0 Å². The second-order valence-electron chi connectivity index (χ2n) is 5.02. The zero-order valence-corrected chi connectivity index (χ0v) is 14.4. The molecule has 132 valence electrons. The van der Waals surface area contributed by atoms with Crippen LogP contribution in [0.25, 0.3) is 0 Å². The molecule has 0 bridgehead atoms. The van der Waals surface area contributed by atoms with Gasteiger partial charge in [-0.15, -0.1) is 0 Å². The molecule has 9 nitrogen and oxygen atoms in total. The molecule has 1 aromatic carbocycles. The highest BCUT2D eigenvalue weighted by Gasteiger charge is 2.23. The van der Waals surface area contributed by atoms with E-state index in [0.717, 1.165) is 0 Å². The van der Waals surface area contributed by atoms with Crippen molar-refractivity contribution in [1.82, 2.24) is 26.2 Å². The highest BCUT2D eigenvalue weighted by atomic mass is 16.3. The normalized spacial score (nSPS) is 10.6. The molecule has 0 aliphatic rings. The number of rotatable bonds is 6. The number of hydrogen-bond acceptors (Lipinski definition) is 6. The monoisotopic (exact) mass is 337 g/mol. The molecule has 24 heavy (non-hydrogen) atoms. The number of hydrazine groups is 2. The van der Waals surface area contributed by atoms with Gasteiger partial charge in [-0.1, -0.05) is 6.92 Å². The third kappa shape index (κ3) is 4.21. The number of benzene rings is 1. The van der Waals surface area contributed by atoms with Gasteiger partial charge in [-0.3, -0.25) is 19.8 Å². The summed E-state index contributed by atoms with van der Waals surface area (Å²) in [6.45, 7) is 2.54.